The molecule has 1 amide bonds. The SMILES string of the molecule is CCn1nc(Br)c(CCN(C)C(=O)O)n1. The molecule has 1 aromatic rings. The molecule has 0 atom stereocenters. The summed E-state index contributed by atoms with van der Waals surface area (Å²) in [5, 5.41) is 17.0. The van der Waals surface area contributed by atoms with Crippen molar-refractivity contribution in [1.82, 2.24) is 19.9 Å². The van der Waals surface area contributed by atoms with Crippen molar-refractivity contribution in [3.63, 3.8) is 0 Å². The van der Waals surface area contributed by atoms with Crippen LogP contribution in [-0.4, -0.2) is 44.7 Å². The summed E-state index contributed by atoms with van der Waals surface area (Å²) < 4.78 is 0.683. The predicted octanol–water partition coefficient (Wildman–Crippen LogP) is 1.21. The summed E-state index contributed by atoms with van der Waals surface area (Å²) in [4.78, 5) is 13.3. The van der Waals surface area contributed by atoms with Crippen LogP contribution in [0.25, 0.3) is 0 Å². The van der Waals surface area contributed by atoms with Crippen LogP contribution in [0.3, 0.4) is 0 Å². The van der Waals surface area contributed by atoms with Crippen molar-refractivity contribution in [3.05, 3.63) is 10.3 Å². The third-order valence-electron chi connectivity index (χ3n) is 1.97. The van der Waals surface area contributed by atoms with Gasteiger partial charge in [0.1, 0.15) is 0 Å². The van der Waals surface area contributed by atoms with E-state index in [1.807, 2.05) is 6.92 Å². The number of aryl methyl sites for hydroxylation is 1. The number of rotatable bonds is 4. The second-order valence-electron chi connectivity index (χ2n) is 3.08. The van der Waals surface area contributed by atoms with Crippen LogP contribution in [0.4, 0.5) is 4.79 Å². The number of amides is 1. The summed E-state index contributed by atoms with van der Waals surface area (Å²) in [5.41, 5.74) is 0.782. The maximum atomic E-state index is 10.5. The Morgan fingerprint density at radius 2 is 2.27 bits per heavy atom. The van der Waals surface area contributed by atoms with Gasteiger partial charge in [0.15, 0.2) is 4.60 Å². The minimum Gasteiger partial charge on any atom is -0.465 e. The first-order valence-electron chi connectivity index (χ1n) is 4.58. The van der Waals surface area contributed by atoms with Gasteiger partial charge in [-0.3, -0.25) is 0 Å². The zero-order valence-corrected chi connectivity index (χ0v) is 10.2. The zero-order chi connectivity index (χ0) is 11.4. The minimum absolute atomic E-state index is 0.413. The van der Waals surface area contributed by atoms with E-state index in [2.05, 4.69) is 26.1 Å². The Morgan fingerprint density at radius 1 is 1.60 bits per heavy atom. The highest BCUT2D eigenvalue weighted by atomic mass is 79.9. The molecule has 0 saturated carbocycles. The Bertz CT molecular complexity index is 352. The van der Waals surface area contributed by atoms with Crippen molar-refractivity contribution in [2.24, 2.45) is 0 Å². The Kier molecular flexibility index (Phi) is 4.07. The minimum atomic E-state index is -0.936. The van der Waals surface area contributed by atoms with Gasteiger partial charge in [-0.25, -0.2) is 4.79 Å². The molecule has 0 saturated heterocycles. The van der Waals surface area contributed by atoms with Crippen LogP contribution in [0.1, 0.15) is 12.6 Å². The number of halogens is 1. The molecule has 1 N–H and O–H groups in total. The van der Waals surface area contributed by atoms with E-state index in [1.165, 1.54) is 11.9 Å². The highest BCUT2D eigenvalue weighted by Crippen LogP contribution is 2.11. The van der Waals surface area contributed by atoms with Crippen molar-refractivity contribution < 1.29 is 9.90 Å². The molecular formula is C8H13BrN4O2. The van der Waals surface area contributed by atoms with Crippen molar-refractivity contribution in [1.29, 1.82) is 0 Å². The van der Waals surface area contributed by atoms with Gasteiger partial charge in [-0.2, -0.15) is 9.90 Å². The highest BCUT2D eigenvalue weighted by molar-refractivity contribution is 9.10. The smallest absolute Gasteiger partial charge is 0.407 e. The molecule has 0 aliphatic carbocycles. The predicted molar refractivity (Wildman–Crippen MR) is 57.8 cm³/mol. The molecule has 0 aliphatic rings. The molecule has 0 aliphatic heterocycles. The average molecular weight is 277 g/mol. The number of carbonyl (C=O) groups is 1. The van der Waals surface area contributed by atoms with E-state index in [-0.39, 0.29) is 0 Å². The molecule has 0 fully saturated rings. The lowest BCUT2D eigenvalue weighted by Crippen LogP contribution is -2.27. The Balaban J connectivity index is 2.57. The molecule has 1 aromatic heterocycles. The third-order valence-corrected chi connectivity index (χ3v) is 2.59. The van der Waals surface area contributed by atoms with Crippen LogP contribution < -0.4 is 0 Å². The standard InChI is InChI=1S/C8H13BrN4O2/c1-3-13-10-6(7(9)11-13)4-5-12(2)8(14)15/h3-5H2,1-2H3,(H,14,15). The van der Waals surface area contributed by atoms with Crippen LogP contribution in [-0.2, 0) is 13.0 Å². The van der Waals surface area contributed by atoms with E-state index in [1.54, 1.807) is 4.80 Å². The van der Waals surface area contributed by atoms with Crippen LogP contribution in [0.5, 0.6) is 0 Å². The molecule has 15 heavy (non-hydrogen) atoms. The summed E-state index contributed by atoms with van der Waals surface area (Å²) in [6.45, 7) is 3.06. The zero-order valence-electron chi connectivity index (χ0n) is 8.64. The van der Waals surface area contributed by atoms with Gasteiger partial charge in [0, 0.05) is 20.0 Å². The van der Waals surface area contributed by atoms with Crippen molar-refractivity contribution in [3.8, 4) is 0 Å². The fourth-order valence-electron chi connectivity index (χ4n) is 1.03. The lowest BCUT2D eigenvalue weighted by Gasteiger charge is -2.10. The first kappa shape index (κ1) is 12.0. The van der Waals surface area contributed by atoms with Gasteiger partial charge in [-0.15, -0.1) is 5.10 Å². The van der Waals surface area contributed by atoms with E-state index in [9.17, 15) is 4.79 Å². The Labute approximate surface area is 96.0 Å². The number of hydrogen-bond acceptors (Lipinski definition) is 3. The fourth-order valence-corrected chi connectivity index (χ4v) is 1.49. The van der Waals surface area contributed by atoms with Crippen molar-refractivity contribution >= 4 is 22.0 Å². The largest absolute Gasteiger partial charge is 0.465 e. The first-order valence-corrected chi connectivity index (χ1v) is 5.37. The molecule has 0 bridgehead atoms. The lowest BCUT2D eigenvalue weighted by molar-refractivity contribution is 0.156. The summed E-state index contributed by atoms with van der Waals surface area (Å²) in [5.74, 6) is 0. The molecule has 0 spiro atoms. The first-order chi connectivity index (χ1) is 7.04. The van der Waals surface area contributed by atoms with Crippen LogP contribution in [0.2, 0.25) is 0 Å². The number of nitrogens with zero attached hydrogens (tertiary/aromatic N) is 4. The molecule has 6 nitrogen and oxygen atoms in total. The van der Waals surface area contributed by atoms with E-state index < -0.39 is 6.09 Å². The van der Waals surface area contributed by atoms with Gasteiger partial charge in [-0.1, -0.05) is 0 Å². The van der Waals surface area contributed by atoms with E-state index in [4.69, 9.17) is 5.11 Å². The molecule has 1 heterocycles. The fraction of sp³-hybridized carbons (Fsp3) is 0.625. The molecule has 0 radical (unpaired) electrons. The molecule has 0 unspecified atom stereocenters. The van der Waals surface area contributed by atoms with Gasteiger partial charge in [0.05, 0.1) is 12.2 Å². The Hall–Kier alpha value is -1.11. The van der Waals surface area contributed by atoms with Gasteiger partial charge in [0.25, 0.3) is 0 Å². The van der Waals surface area contributed by atoms with Crippen LogP contribution >= 0.6 is 15.9 Å². The average Bonchev–Trinajstić information content (AvgIpc) is 2.55. The Morgan fingerprint density at radius 3 is 2.73 bits per heavy atom. The van der Waals surface area contributed by atoms with E-state index in [0.29, 0.717) is 24.1 Å². The van der Waals surface area contributed by atoms with Crippen LogP contribution in [0.15, 0.2) is 4.60 Å². The second-order valence-corrected chi connectivity index (χ2v) is 3.83. The summed E-state index contributed by atoms with van der Waals surface area (Å²) in [7, 11) is 1.53. The highest BCUT2D eigenvalue weighted by Gasteiger charge is 2.10. The molecule has 0 aromatic carbocycles. The van der Waals surface area contributed by atoms with Crippen molar-refractivity contribution in [2.75, 3.05) is 13.6 Å². The normalized spacial score (nSPS) is 10.3. The number of carboxylic acid groups (broad SMARTS) is 1. The molecular weight excluding hydrogens is 264 g/mol. The van der Waals surface area contributed by atoms with Gasteiger partial charge >= 0.3 is 6.09 Å². The number of aromatic nitrogens is 3. The van der Waals surface area contributed by atoms with E-state index >= 15 is 0 Å². The third kappa shape index (κ3) is 3.19. The maximum Gasteiger partial charge on any atom is 0.407 e. The molecule has 7 heteroatoms. The second kappa shape index (κ2) is 5.11. The van der Waals surface area contributed by atoms with Crippen LogP contribution in [0, 0.1) is 0 Å². The van der Waals surface area contributed by atoms with Gasteiger partial charge < -0.3 is 10.0 Å². The van der Waals surface area contributed by atoms with Gasteiger partial charge in [0.2, 0.25) is 0 Å². The number of hydrogen-bond donors (Lipinski definition) is 1. The summed E-state index contributed by atoms with van der Waals surface area (Å²) in [6.07, 6.45) is -0.377. The molecule has 84 valence electrons. The lowest BCUT2D eigenvalue weighted by atomic mass is 10.3. The van der Waals surface area contributed by atoms with Crippen molar-refractivity contribution in [2.45, 2.75) is 19.9 Å². The molecule has 1 rings (SSSR count). The topological polar surface area (TPSA) is 71.2 Å². The van der Waals surface area contributed by atoms with E-state index in [0.717, 1.165) is 5.69 Å². The monoisotopic (exact) mass is 276 g/mol. The number of likely N-dealkylation sites (N-methyl/N-ethyl adjacent to an activating group) is 1. The summed E-state index contributed by atoms with van der Waals surface area (Å²) >= 11 is 3.28. The maximum absolute atomic E-state index is 10.5. The van der Waals surface area contributed by atoms with Gasteiger partial charge in [-0.05, 0) is 22.9 Å². The summed E-state index contributed by atoms with van der Waals surface area (Å²) in [6, 6.07) is 0. The quantitative estimate of drug-likeness (QED) is 0.898.